The van der Waals surface area contributed by atoms with E-state index in [0.29, 0.717) is 111 Å². The Bertz CT molecular complexity index is 3100. The highest BCUT2D eigenvalue weighted by Crippen LogP contribution is 2.42. The van der Waals surface area contributed by atoms with Gasteiger partial charge in [0.15, 0.2) is 5.43 Å². The summed E-state index contributed by atoms with van der Waals surface area (Å²) in [5.74, 6) is -0.415. The number of aryl methyl sites for hydroxylation is 1. The number of piperazine rings is 2. The minimum Gasteiger partial charge on any atom is -0.508 e. The quantitative estimate of drug-likeness (QED) is 0.0609. The van der Waals surface area contributed by atoms with Gasteiger partial charge in [0.25, 0.3) is 0 Å². The van der Waals surface area contributed by atoms with Crippen molar-refractivity contribution in [2.45, 2.75) is 58.5 Å². The van der Waals surface area contributed by atoms with Gasteiger partial charge in [-0.1, -0.05) is 36.8 Å². The van der Waals surface area contributed by atoms with Crippen molar-refractivity contribution < 1.29 is 34.1 Å². The maximum atomic E-state index is 14.3. The molecule has 9 rings (SSSR count). The normalized spacial score (nSPS) is 15.1. The second kappa shape index (κ2) is 21.5. The maximum absolute atomic E-state index is 14.3. The number of carbonyl (C=O) groups excluding carboxylic acids is 2. The Morgan fingerprint density at radius 3 is 2.19 bits per heavy atom. The molecule has 2 amide bonds. The largest absolute Gasteiger partial charge is 0.508 e. The number of aromatic hydroxyl groups is 1. The molecule has 23 nitrogen and oxygen atoms in total. The van der Waals surface area contributed by atoms with Gasteiger partial charge in [-0.2, -0.15) is 15.0 Å². The molecule has 4 aliphatic rings. The number of aliphatic hydroxyl groups is 1. The lowest BCUT2D eigenvalue weighted by atomic mass is 9.90. The fourth-order valence-electron chi connectivity index (χ4n) is 9.20. The molecule has 23 heteroatoms. The summed E-state index contributed by atoms with van der Waals surface area (Å²) in [6.07, 6.45) is 7.12. The summed E-state index contributed by atoms with van der Waals surface area (Å²) in [6, 6.07) is 13.1. The molecule has 0 saturated carbocycles. The SMILES string of the molecule is CC[C@H](C)[C@@H](C(=O)N1CCN(c2nc(Nc3ccc(-c4c5ccc(=O)cc-5oc5cc(O)ccc45)c(C(=O)O)c3)nc(N3CCN(C(=O)Cn4cc(CCO)nn4)CC3)n2)CC1)n1cc(CCCCN)nn1. The van der Waals surface area contributed by atoms with Crippen LogP contribution in [0.2, 0.25) is 0 Å². The van der Waals surface area contributed by atoms with E-state index in [0.717, 1.165) is 31.4 Å². The van der Waals surface area contributed by atoms with Crippen molar-refractivity contribution in [2.24, 2.45) is 11.7 Å². The Balaban J connectivity index is 0.989. The molecule has 72 heavy (non-hydrogen) atoms. The molecule has 3 aromatic heterocycles. The average molecular weight is 984 g/mol. The number of rotatable bonds is 18. The molecule has 2 aromatic carbocycles. The number of nitrogens with zero attached hydrogens (tertiary/aromatic N) is 13. The number of amides is 2. The molecule has 6 N–H and O–H groups in total. The number of benzene rings is 3. The van der Waals surface area contributed by atoms with E-state index in [1.54, 1.807) is 40.0 Å². The van der Waals surface area contributed by atoms with E-state index in [1.165, 1.54) is 35.0 Å². The van der Waals surface area contributed by atoms with Crippen molar-refractivity contribution in [2.75, 3.05) is 80.6 Å². The Labute approximate surface area is 413 Å². The van der Waals surface area contributed by atoms with E-state index in [2.05, 4.69) is 32.9 Å². The summed E-state index contributed by atoms with van der Waals surface area (Å²) in [5, 5.41) is 50.8. The number of fused-ring (bicyclic) bond motifs is 2. The molecule has 6 heterocycles. The first-order chi connectivity index (χ1) is 34.9. The number of anilines is 4. The van der Waals surface area contributed by atoms with Crippen LogP contribution in [-0.4, -0.2) is 153 Å². The topological polar surface area (TPSA) is 293 Å². The standard InChI is InChI=1S/C49H57N15O8/c1-3-30(2)44(64-28-32(56-58-64)6-4-5-14-50)45(69)60-17-21-62(22-18-60)49-53-47(52-48(54-49)61-19-15-59(16-20-61)42(68)29-63-27-33(13-23-65)55-57-63)51-31-7-10-36(39(24-31)46(70)71)43-37-11-8-34(66)25-40(37)72-41-26-35(67)9-12-38(41)43/h7-12,24-28,30,44,65-66H,3-6,13-23,29,50H2,1-2H3,(H,70,71)(H,51,52,53,54)/t30-,44-/m0/s1. The molecule has 2 fully saturated rings. The number of nitrogens with two attached hydrogens (primary N) is 1. The van der Waals surface area contributed by atoms with Crippen LogP contribution in [0.25, 0.3) is 33.4 Å². The van der Waals surface area contributed by atoms with Gasteiger partial charge in [-0.3, -0.25) is 14.4 Å². The number of hydrogen-bond donors (Lipinski definition) is 5. The van der Waals surface area contributed by atoms with Crippen LogP contribution in [0.15, 0.2) is 76.2 Å². The summed E-state index contributed by atoms with van der Waals surface area (Å²) in [5.41, 5.74) is 8.73. The molecule has 3 aliphatic heterocycles. The van der Waals surface area contributed by atoms with Crippen molar-refractivity contribution in [1.29, 1.82) is 0 Å². The third-order valence-corrected chi connectivity index (χ3v) is 13.3. The molecule has 2 atom stereocenters. The highest BCUT2D eigenvalue weighted by Gasteiger charge is 2.34. The number of aromatic nitrogens is 9. The first-order valence-electron chi connectivity index (χ1n) is 24.2. The second-order valence-corrected chi connectivity index (χ2v) is 18.1. The van der Waals surface area contributed by atoms with Crippen LogP contribution in [0.4, 0.5) is 23.5 Å². The lowest BCUT2D eigenvalue weighted by Crippen LogP contribution is -2.52. The Morgan fingerprint density at radius 1 is 0.806 bits per heavy atom. The number of phenolic OH excluding ortho intramolecular Hbond substituents is 1. The number of aromatic carboxylic acids is 1. The molecule has 0 bridgehead atoms. The molecule has 1 aliphatic carbocycles. The number of unbranched alkanes of at least 4 members (excludes halogenated alkanes) is 1. The van der Waals surface area contributed by atoms with Gasteiger partial charge in [0.05, 0.1) is 17.0 Å². The Hall–Kier alpha value is -8.05. The van der Waals surface area contributed by atoms with Gasteiger partial charge in [-0.05, 0) is 73.7 Å². The molecule has 5 aromatic rings. The van der Waals surface area contributed by atoms with Crippen molar-refractivity contribution in [3.63, 3.8) is 0 Å². The van der Waals surface area contributed by atoms with Gasteiger partial charge in [0.1, 0.15) is 29.7 Å². The number of carboxylic acid groups (broad SMARTS) is 1. The van der Waals surface area contributed by atoms with E-state index in [9.17, 15) is 34.5 Å². The number of nitrogens with one attached hydrogen (secondary N) is 1. The lowest BCUT2D eigenvalue weighted by Gasteiger charge is -2.38. The highest BCUT2D eigenvalue weighted by molar-refractivity contribution is 6.08. The predicted octanol–water partition coefficient (Wildman–Crippen LogP) is 3.18. The van der Waals surface area contributed by atoms with Crippen molar-refractivity contribution in [1.82, 2.24) is 54.7 Å². The van der Waals surface area contributed by atoms with E-state index in [1.807, 2.05) is 27.8 Å². The number of aliphatic hydroxyl groups excluding tert-OH is 1. The van der Waals surface area contributed by atoms with Crippen molar-refractivity contribution in [3.05, 3.63) is 94.2 Å². The first kappa shape index (κ1) is 49.0. The van der Waals surface area contributed by atoms with Gasteiger partial charge in [0, 0.05) is 112 Å². The Morgan fingerprint density at radius 2 is 1.50 bits per heavy atom. The summed E-state index contributed by atoms with van der Waals surface area (Å²) in [6.45, 7) is 7.74. The minimum atomic E-state index is -1.22. The molecular formula is C49H57N15O8. The number of phenols is 1. The zero-order chi connectivity index (χ0) is 50.5. The van der Waals surface area contributed by atoms with Gasteiger partial charge in [-0.15, -0.1) is 10.2 Å². The third-order valence-electron chi connectivity index (χ3n) is 13.3. The van der Waals surface area contributed by atoms with Crippen LogP contribution in [0.1, 0.15) is 60.9 Å². The summed E-state index contributed by atoms with van der Waals surface area (Å²) >= 11 is 0. The minimum absolute atomic E-state index is 0.00206. The number of hydrogen-bond acceptors (Lipinski definition) is 18. The zero-order valence-corrected chi connectivity index (χ0v) is 40.1. The van der Waals surface area contributed by atoms with Crippen LogP contribution in [-0.2, 0) is 29.0 Å². The monoisotopic (exact) mass is 983 g/mol. The molecule has 2 saturated heterocycles. The van der Waals surface area contributed by atoms with Crippen LogP contribution in [0.5, 0.6) is 5.75 Å². The zero-order valence-electron chi connectivity index (χ0n) is 40.1. The number of carboxylic acids is 1. The summed E-state index contributed by atoms with van der Waals surface area (Å²) < 4.78 is 9.17. The predicted molar refractivity (Wildman–Crippen MR) is 265 cm³/mol. The maximum Gasteiger partial charge on any atom is 0.336 e. The van der Waals surface area contributed by atoms with E-state index >= 15 is 0 Å². The summed E-state index contributed by atoms with van der Waals surface area (Å²) in [7, 11) is 0. The van der Waals surface area contributed by atoms with Gasteiger partial charge in [0.2, 0.25) is 29.7 Å². The van der Waals surface area contributed by atoms with Crippen LogP contribution >= 0.6 is 0 Å². The molecular weight excluding hydrogens is 927 g/mol. The summed E-state index contributed by atoms with van der Waals surface area (Å²) in [4.78, 5) is 75.3. The smallest absolute Gasteiger partial charge is 0.336 e. The van der Waals surface area contributed by atoms with E-state index in [4.69, 9.17) is 25.1 Å². The van der Waals surface area contributed by atoms with E-state index in [-0.39, 0.29) is 64.9 Å². The highest BCUT2D eigenvalue weighted by atomic mass is 16.4. The van der Waals surface area contributed by atoms with Crippen LogP contribution < -0.4 is 26.3 Å². The van der Waals surface area contributed by atoms with Crippen molar-refractivity contribution in [3.8, 4) is 28.2 Å². The average Bonchev–Trinajstić information content (AvgIpc) is 4.04. The molecule has 376 valence electrons. The van der Waals surface area contributed by atoms with Crippen LogP contribution in [0.3, 0.4) is 0 Å². The fraction of sp³-hybridized carbons (Fsp3) is 0.408. The fourth-order valence-corrected chi connectivity index (χ4v) is 9.20. The molecule has 0 spiro atoms. The Kier molecular flexibility index (Phi) is 14.6. The third kappa shape index (κ3) is 10.7. The van der Waals surface area contributed by atoms with Gasteiger partial charge >= 0.3 is 5.97 Å². The lowest BCUT2D eigenvalue weighted by molar-refractivity contribution is -0.137. The van der Waals surface area contributed by atoms with Crippen LogP contribution in [0, 0.1) is 5.92 Å². The first-order valence-corrected chi connectivity index (χ1v) is 24.2. The van der Waals surface area contributed by atoms with Gasteiger partial charge < -0.3 is 50.4 Å². The second-order valence-electron chi connectivity index (χ2n) is 18.1. The van der Waals surface area contributed by atoms with E-state index < -0.39 is 12.0 Å². The number of carbonyl (C=O) groups is 3. The molecule has 0 radical (unpaired) electrons. The van der Waals surface area contributed by atoms with Gasteiger partial charge in [-0.25, -0.2) is 14.2 Å². The van der Waals surface area contributed by atoms with Crippen molar-refractivity contribution >= 4 is 52.3 Å². The molecule has 0 unspecified atom stereocenters.